The average molecular weight is 641 g/mol. The van der Waals surface area contributed by atoms with Crippen molar-refractivity contribution >= 4 is 81.3 Å². The molecule has 0 heterocycles. The van der Waals surface area contributed by atoms with Crippen LogP contribution >= 0.6 is 68.7 Å². The molecule has 6 N–H and O–H groups in total. The second-order valence-corrected chi connectivity index (χ2v) is 12.1. The molecule has 0 aromatic carbocycles. The van der Waals surface area contributed by atoms with Gasteiger partial charge in [-0.3, -0.25) is 0 Å². The molecule has 2 saturated carbocycles. The van der Waals surface area contributed by atoms with Crippen LogP contribution in [0.4, 0.5) is 0 Å². The van der Waals surface area contributed by atoms with Gasteiger partial charge < -0.3 is 29.8 Å². The number of nitrogens with two attached hydrogens (primary N) is 3. The van der Waals surface area contributed by atoms with Crippen molar-refractivity contribution in [2.24, 2.45) is 17.2 Å². The molecule has 3 nitrogen and oxygen atoms in total. The number of alkyl halides is 2. The van der Waals surface area contributed by atoms with Crippen molar-refractivity contribution in [1.29, 1.82) is 0 Å². The third-order valence-corrected chi connectivity index (χ3v) is 11.5. The first-order valence-electron chi connectivity index (χ1n) is 8.80. The third kappa shape index (κ3) is 16.8. The monoisotopic (exact) mass is 641 g/mol. The maximum atomic E-state index is 5.50. The van der Waals surface area contributed by atoms with Crippen molar-refractivity contribution in [2.45, 2.75) is 56.9 Å². The zero-order valence-corrected chi connectivity index (χ0v) is 24.3. The molecule has 0 aromatic heterocycles. The van der Waals surface area contributed by atoms with Gasteiger partial charge in [-0.1, -0.05) is 58.0 Å². The van der Waals surface area contributed by atoms with E-state index < -0.39 is 0 Å². The molecule has 2 fully saturated rings. The summed E-state index contributed by atoms with van der Waals surface area (Å²) in [5.74, 6) is 2.91. The Morgan fingerprint density at radius 2 is 1.12 bits per heavy atom. The summed E-state index contributed by atoms with van der Waals surface area (Å²) in [7, 11) is 0. The summed E-state index contributed by atoms with van der Waals surface area (Å²) >= 11 is 13.6. The van der Waals surface area contributed by atoms with E-state index in [0.717, 1.165) is 42.9 Å². The predicted octanol–water partition coefficient (Wildman–Crippen LogP) is 0.565. The number of hydrogen-bond acceptors (Lipinski definition) is 6. The maximum absolute atomic E-state index is 5.50. The van der Waals surface area contributed by atoms with Crippen LogP contribution < -0.4 is 46.8 Å². The first-order valence-corrected chi connectivity index (χ1v) is 14.0. The number of hydrogen-bond donors (Lipinski definition) is 3. The Morgan fingerprint density at radius 1 is 0.760 bits per heavy atom. The Hall–Kier alpha value is 3.39. The van der Waals surface area contributed by atoms with Crippen LogP contribution in [-0.4, -0.2) is 55.2 Å². The topological polar surface area (TPSA) is 78.1 Å². The van der Waals surface area contributed by atoms with Crippen LogP contribution in [0.25, 0.3) is 0 Å². The fourth-order valence-corrected chi connectivity index (χ4v) is 6.90. The number of thioether (sulfide) groups is 2. The summed E-state index contributed by atoms with van der Waals surface area (Å²) in [6, 6.07) is 0. The van der Waals surface area contributed by atoms with E-state index in [-0.39, 0.29) is 29.6 Å². The minimum Gasteiger partial charge on any atom is -0.791 e. The smallest absolute Gasteiger partial charge is 0.791 e. The molecule has 0 radical (unpaired) electrons. The van der Waals surface area contributed by atoms with E-state index in [1.54, 1.807) is 0 Å². The zero-order valence-electron chi connectivity index (χ0n) is 15.5. The molecule has 0 amide bonds. The van der Waals surface area contributed by atoms with Gasteiger partial charge in [0.1, 0.15) is 0 Å². The van der Waals surface area contributed by atoms with Crippen molar-refractivity contribution < 1.29 is 29.6 Å². The molecule has 0 bridgehead atoms. The molecule has 0 spiro atoms. The van der Waals surface area contributed by atoms with Crippen molar-refractivity contribution in [3.8, 4) is 0 Å². The van der Waals surface area contributed by atoms with Gasteiger partial charge in [0.25, 0.3) is 0 Å². The summed E-state index contributed by atoms with van der Waals surface area (Å²) in [6.45, 7) is 2.26. The predicted molar refractivity (Wildman–Crippen MR) is 135 cm³/mol. The normalized spacial score (nSPS) is 27.6. The van der Waals surface area contributed by atoms with Crippen molar-refractivity contribution in [1.82, 2.24) is 0 Å². The van der Waals surface area contributed by atoms with E-state index in [0.29, 0.717) is 12.3 Å². The molecule has 25 heavy (non-hydrogen) atoms. The molecule has 4 atom stereocenters. The molecule has 2 rings (SSSR count). The van der Waals surface area contributed by atoms with Crippen LogP contribution in [0.2, 0.25) is 0 Å². The van der Waals surface area contributed by atoms with Crippen molar-refractivity contribution in [3.63, 3.8) is 0 Å². The Morgan fingerprint density at radius 3 is 1.36 bits per heavy atom. The quantitative estimate of drug-likeness (QED) is 0.164. The molecule has 0 saturated heterocycles. The molecule has 4 unspecified atom stereocenters. The SMILES string of the molecule is IC1CCCC1I.NCCSC1CCCC1SCCN.NCC[S-].[Na+]. The molecule has 2 aliphatic rings. The van der Waals surface area contributed by atoms with Gasteiger partial charge in [-0.2, -0.15) is 29.3 Å². The summed E-state index contributed by atoms with van der Waals surface area (Å²) in [4.78, 5) is 0. The van der Waals surface area contributed by atoms with E-state index in [1.165, 1.54) is 38.5 Å². The zero-order chi connectivity index (χ0) is 18.2. The summed E-state index contributed by atoms with van der Waals surface area (Å²) in [5.41, 5.74) is 15.9. The largest absolute Gasteiger partial charge is 1.00 e. The first kappa shape index (κ1) is 30.6. The first-order chi connectivity index (χ1) is 11.6. The summed E-state index contributed by atoms with van der Waals surface area (Å²) in [5, 5.41) is 1.69. The van der Waals surface area contributed by atoms with Gasteiger partial charge in [0.2, 0.25) is 0 Å². The van der Waals surface area contributed by atoms with Crippen LogP contribution in [0.3, 0.4) is 0 Å². The Balaban J connectivity index is 0. The number of halogens is 2. The summed E-state index contributed by atoms with van der Waals surface area (Å²) in [6.07, 6.45) is 8.52. The fourth-order valence-electron chi connectivity index (χ4n) is 2.58. The molecular weight excluding hydrogens is 607 g/mol. The van der Waals surface area contributed by atoms with Crippen LogP contribution in [0, 0.1) is 0 Å². The van der Waals surface area contributed by atoms with Gasteiger partial charge in [-0.05, 0) is 32.2 Å². The Kier molecular flexibility index (Phi) is 27.0. The van der Waals surface area contributed by atoms with Crippen molar-refractivity contribution in [3.05, 3.63) is 0 Å². The van der Waals surface area contributed by atoms with Gasteiger partial charge >= 0.3 is 29.6 Å². The average Bonchev–Trinajstić information content (AvgIpc) is 3.20. The van der Waals surface area contributed by atoms with Gasteiger partial charge in [-0.15, -0.1) is 0 Å². The molecule has 2 aliphatic carbocycles. The van der Waals surface area contributed by atoms with E-state index >= 15 is 0 Å². The Labute approximate surface area is 219 Å². The number of rotatable bonds is 7. The fraction of sp³-hybridized carbons (Fsp3) is 1.00. The molecule has 9 heteroatoms. The van der Waals surface area contributed by atoms with Gasteiger partial charge in [0, 0.05) is 42.9 Å². The third-order valence-electron chi connectivity index (χ3n) is 3.76. The van der Waals surface area contributed by atoms with Crippen LogP contribution in [0.1, 0.15) is 38.5 Å². The van der Waals surface area contributed by atoms with Crippen LogP contribution in [-0.2, 0) is 12.6 Å². The van der Waals surface area contributed by atoms with Crippen LogP contribution in [0.15, 0.2) is 0 Å². The van der Waals surface area contributed by atoms with Crippen LogP contribution in [0.5, 0.6) is 0 Å². The minimum atomic E-state index is 0. The van der Waals surface area contributed by atoms with E-state index in [4.69, 9.17) is 17.2 Å². The van der Waals surface area contributed by atoms with Gasteiger partial charge in [0.05, 0.1) is 0 Å². The molecular formula is C16H34I2N3NaS3. The van der Waals surface area contributed by atoms with E-state index in [9.17, 15) is 0 Å². The standard InChI is InChI=1S/C9H20N2S2.C5H8I2.C2H7NS.Na/c10-4-6-12-8-2-1-3-9(8)13-7-5-11;6-4-2-1-3-5(4)7;3-1-2-4;/h8-9H,1-7,10-11H2;4-5H,1-3H2;4H,1-3H2;/q;;;+1/p-1. The molecule has 0 aliphatic heterocycles. The molecule has 146 valence electrons. The van der Waals surface area contributed by atoms with E-state index in [2.05, 4.69) is 81.3 Å². The van der Waals surface area contributed by atoms with Gasteiger partial charge in [-0.25, -0.2) is 0 Å². The Bertz CT molecular complexity index is 261. The minimum absolute atomic E-state index is 0. The van der Waals surface area contributed by atoms with Gasteiger partial charge in [0.15, 0.2) is 0 Å². The molecule has 0 aromatic rings. The summed E-state index contributed by atoms with van der Waals surface area (Å²) < 4.78 is 1.94. The second kappa shape index (κ2) is 22.1. The van der Waals surface area contributed by atoms with Crippen molar-refractivity contribution in [2.75, 3.05) is 36.9 Å². The second-order valence-electron chi connectivity index (χ2n) is 5.78. The van der Waals surface area contributed by atoms with E-state index in [1.807, 2.05) is 0 Å². The maximum Gasteiger partial charge on any atom is 1.00 e.